The molecule has 0 aromatic heterocycles. The first-order valence-corrected chi connectivity index (χ1v) is 7.85. The number of carbonyl (C=O) groups is 1. The predicted octanol–water partition coefficient (Wildman–Crippen LogP) is -0.742. The molecule has 0 bridgehead atoms. The molecular formula is C11H22N2O4S. The summed E-state index contributed by atoms with van der Waals surface area (Å²) in [5.41, 5.74) is -0.803. The number of carbonyl (C=O) groups excluding carboxylic acids is 1. The molecule has 0 aromatic carbocycles. The highest BCUT2D eigenvalue weighted by atomic mass is 32.2. The summed E-state index contributed by atoms with van der Waals surface area (Å²) in [5, 5.41) is 2.95. The average molecular weight is 278 g/mol. The van der Waals surface area contributed by atoms with Crippen molar-refractivity contribution in [3.8, 4) is 0 Å². The summed E-state index contributed by atoms with van der Waals surface area (Å²) in [6, 6.07) is 0. The molecule has 0 aromatic rings. The largest absolute Gasteiger partial charge is 0.468 e. The smallest absolute Gasteiger partial charge is 0.327 e. The zero-order valence-electron chi connectivity index (χ0n) is 11.2. The van der Waals surface area contributed by atoms with Gasteiger partial charge < -0.3 is 10.1 Å². The maximum atomic E-state index is 11.7. The minimum absolute atomic E-state index is 0.161. The minimum atomic E-state index is -2.92. The van der Waals surface area contributed by atoms with Crippen molar-refractivity contribution in [1.82, 2.24) is 10.2 Å². The van der Waals surface area contributed by atoms with Crippen LogP contribution in [0.3, 0.4) is 0 Å². The van der Waals surface area contributed by atoms with Gasteiger partial charge in [0, 0.05) is 13.1 Å². The maximum absolute atomic E-state index is 11.7. The predicted molar refractivity (Wildman–Crippen MR) is 69.2 cm³/mol. The van der Waals surface area contributed by atoms with Crippen molar-refractivity contribution in [3.63, 3.8) is 0 Å². The molecule has 7 heteroatoms. The third-order valence-electron chi connectivity index (χ3n) is 3.38. The molecule has 1 rings (SSSR count). The van der Waals surface area contributed by atoms with E-state index in [0.717, 1.165) is 0 Å². The summed E-state index contributed by atoms with van der Waals surface area (Å²) < 4.78 is 27.8. The zero-order valence-corrected chi connectivity index (χ0v) is 12.0. The Morgan fingerprint density at radius 2 is 2.06 bits per heavy atom. The first-order valence-electron chi connectivity index (χ1n) is 6.03. The van der Waals surface area contributed by atoms with Gasteiger partial charge in [0.1, 0.15) is 5.54 Å². The van der Waals surface area contributed by atoms with E-state index in [9.17, 15) is 13.2 Å². The molecule has 1 N–H and O–H groups in total. The number of likely N-dealkylation sites (N-methyl/N-ethyl adjacent to an activating group) is 1. The summed E-state index contributed by atoms with van der Waals surface area (Å²) >= 11 is 0. The molecule has 1 fully saturated rings. The Morgan fingerprint density at radius 1 is 1.39 bits per heavy atom. The normalized spacial score (nSPS) is 23.9. The molecule has 0 saturated carbocycles. The fourth-order valence-electron chi connectivity index (χ4n) is 2.07. The molecule has 0 amide bonds. The molecule has 1 unspecified atom stereocenters. The molecule has 1 aliphatic heterocycles. The second-order valence-corrected chi connectivity index (χ2v) is 7.16. The van der Waals surface area contributed by atoms with Gasteiger partial charge in [0.15, 0.2) is 9.84 Å². The molecule has 0 radical (unpaired) electrons. The van der Waals surface area contributed by atoms with Gasteiger partial charge in [-0.2, -0.15) is 0 Å². The molecule has 0 spiro atoms. The van der Waals surface area contributed by atoms with Crippen LogP contribution in [0.5, 0.6) is 0 Å². The Balaban J connectivity index is 2.68. The highest BCUT2D eigenvalue weighted by Crippen LogP contribution is 2.12. The highest BCUT2D eigenvalue weighted by molar-refractivity contribution is 7.91. The zero-order chi connectivity index (χ0) is 13.8. The standard InChI is InChI=1S/C11H22N2O4S/c1-11(12-2,10(14)17-3)9-13-5-4-7-18(15,16)8-6-13/h12H,4-9H2,1-3H3. The lowest BCUT2D eigenvalue weighted by atomic mass is 10.0. The summed E-state index contributed by atoms with van der Waals surface area (Å²) in [6.07, 6.45) is 0.614. The van der Waals surface area contributed by atoms with Crippen molar-refractivity contribution < 1.29 is 17.9 Å². The number of hydrogen-bond acceptors (Lipinski definition) is 6. The molecular weight excluding hydrogens is 256 g/mol. The Kier molecular flexibility index (Phi) is 5.12. The van der Waals surface area contributed by atoms with Crippen LogP contribution in [-0.4, -0.2) is 70.1 Å². The lowest BCUT2D eigenvalue weighted by molar-refractivity contribution is -0.148. The quantitative estimate of drug-likeness (QED) is 0.683. The van der Waals surface area contributed by atoms with Gasteiger partial charge >= 0.3 is 5.97 Å². The first-order chi connectivity index (χ1) is 8.33. The van der Waals surface area contributed by atoms with E-state index in [0.29, 0.717) is 26.1 Å². The summed E-state index contributed by atoms with van der Waals surface area (Å²) in [7, 11) is 0.133. The molecule has 6 nitrogen and oxygen atoms in total. The van der Waals surface area contributed by atoms with Crippen LogP contribution in [0.25, 0.3) is 0 Å². The van der Waals surface area contributed by atoms with E-state index in [4.69, 9.17) is 4.74 Å². The second kappa shape index (κ2) is 5.99. The number of nitrogens with zero attached hydrogens (tertiary/aromatic N) is 1. The number of nitrogens with one attached hydrogen (secondary N) is 1. The molecule has 106 valence electrons. The van der Waals surface area contributed by atoms with E-state index < -0.39 is 15.4 Å². The Morgan fingerprint density at radius 3 is 2.61 bits per heavy atom. The van der Waals surface area contributed by atoms with Crippen LogP contribution >= 0.6 is 0 Å². The third kappa shape index (κ3) is 3.93. The van der Waals surface area contributed by atoms with Crippen LogP contribution in [0.1, 0.15) is 13.3 Å². The van der Waals surface area contributed by atoms with Crippen LogP contribution in [0, 0.1) is 0 Å². The van der Waals surface area contributed by atoms with Gasteiger partial charge in [-0.05, 0) is 26.9 Å². The van der Waals surface area contributed by atoms with Crippen LogP contribution < -0.4 is 5.32 Å². The van der Waals surface area contributed by atoms with Gasteiger partial charge in [0.25, 0.3) is 0 Å². The Hall–Kier alpha value is -0.660. The molecule has 18 heavy (non-hydrogen) atoms. The fourth-order valence-corrected chi connectivity index (χ4v) is 3.38. The topological polar surface area (TPSA) is 75.7 Å². The SMILES string of the molecule is CNC(C)(CN1CCCS(=O)(=O)CC1)C(=O)OC. The fraction of sp³-hybridized carbons (Fsp3) is 0.909. The molecule has 1 heterocycles. The summed E-state index contributed by atoms with van der Waals surface area (Å²) in [5.74, 6) is 0.0588. The summed E-state index contributed by atoms with van der Waals surface area (Å²) in [6.45, 7) is 3.37. The van der Waals surface area contributed by atoms with Gasteiger partial charge in [-0.15, -0.1) is 0 Å². The van der Waals surface area contributed by atoms with Crippen molar-refractivity contribution >= 4 is 15.8 Å². The number of ether oxygens (including phenoxy) is 1. The van der Waals surface area contributed by atoms with Crippen LogP contribution in [0.2, 0.25) is 0 Å². The number of esters is 1. The monoisotopic (exact) mass is 278 g/mol. The van der Waals surface area contributed by atoms with Crippen LogP contribution in [0.15, 0.2) is 0 Å². The summed E-state index contributed by atoms with van der Waals surface area (Å²) in [4.78, 5) is 13.7. The van der Waals surface area contributed by atoms with Crippen molar-refractivity contribution in [2.24, 2.45) is 0 Å². The van der Waals surface area contributed by atoms with Gasteiger partial charge in [-0.25, -0.2) is 8.42 Å². The molecule has 0 aliphatic carbocycles. The first kappa shape index (κ1) is 15.4. The van der Waals surface area contributed by atoms with Gasteiger partial charge in [0.2, 0.25) is 0 Å². The number of sulfone groups is 1. The maximum Gasteiger partial charge on any atom is 0.327 e. The van der Waals surface area contributed by atoms with E-state index in [1.807, 2.05) is 4.90 Å². The van der Waals surface area contributed by atoms with E-state index in [1.54, 1.807) is 14.0 Å². The Labute approximate surface area is 109 Å². The van der Waals surface area contributed by atoms with E-state index >= 15 is 0 Å². The van der Waals surface area contributed by atoms with Gasteiger partial charge in [-0.3, -0.25) is 9.69 Å². The van der Waals surface area contributed by atoms with Gasteiger partial charge in [0.05, 0.1) is 18.6 Å². The minimum Gasteiger partial charge on any atom is -0.468 e. The van der Waals surface area contributed by atoms with E-state index in [1.165, 1.54) is 7.11 Å². The third-order valence-corrected chi connectivity index (χ3v) is 5.09. The van der Waals surface area contributed by atoms with Gasteiger partial charge in [-0.1, -0.05) is 0 Å². The van der Waals surface area contributed by atoms with Crippen molar-refractivity contribution in [3.05, 3.63) is 0 Å². The van der Waals surface area contributed by atoms with Crippen LogP contribution in [0.4, 0.5) is 0 Å². The van der Waals surface area contributed by atoms with E-state index in [-0.39, 0.29) is 17.5 Å². The molecule has 1 atom stereocenters. The van der Waals surface area contributed by atoms with Crippen molar-refractivity contribution in [1.29, 1.82) is 0 Å². The lowest BCUT2D eigenvalue weighted by Gasteiger charge is -2.32. The van der Waals surface area contributed by atoms with E-state index in [2.05, 4.69) is 5.32 Å². The number of hydrogen-bond donors (Lipinski definition) is 1. The molecule has 1 saturated heterocycles. The van der Waals surface area contributed by atoms with Crippen molar-refractivity contribution in [2.75, 3.05) is 45.3 Å². The number of rotatable bonds is 4. The highest BCUT2D eigenvalue weighted by Gasteiger charge is 2.35. The average Bonchev–Trinajstić information content (AvgIpc) is 2.49. The second-order valence-electron chi connectivity index (χ2n) is 4.86. The lowest BCUT2D eigenvalue weighted by Crippen LogP contribution is -2.56. The van der Waals surface area contributed by atoms with Crippen LogP contribution in [-0.2, 0) is 19.4 Å². The Bertz CT molecular complexity index is 396. The number of methoxy groups -OCH3 is 1. The van der Waals surface area contributed by atoms with Crippen molar-refractivity contribution in [2.45, 2.75) is 18.9 Å². The molecule has 1 aliphatic rings.